The first-order valence-electron chi connectivity index (χ1n) is 14.3. The summed E-state index contributed by atoms with van der Waals surface area (Å²) in [6.07, 6.45) is 2.60. The Bertz CT molecular complexity index is 2020. The van der Waals surface area contributed by atoms with Gasteiger partial charge in [-0.25, -0.2) is 9.18 Å². The van der Waals surface area contributed by atoms with Gasteiger partial charge in [-0.3, -0.25) is 24.1 Å². The van der Waals surface area contributed by atoms with Crippen LogP contribution in [0.5, 0.6) is 0 Å². The smallest absolute Gasteiger partial charge is 0.347 e. The lowest BCUT2D eigenvalue weighted by molar-refractivity contribution is 0.0776. The Kier molecular flexibility index (Phi) is 7.76. The summed E-state index contributed by atoms with van der Waals surface area (Å²) in [6, 6.07) is 14.7. The average molecular weight is 665 g/mol. The summed E-state index contributed by atoms with van der Waals surface area (Å²) >= 11 is 13.4. The van der Waals surface area contributed by atoms with Crippen LogP contribution in [0, 0.1) is 5.82 Å². The molecule has 5 aromatic rings. The SMILES string of the molecule is O=C(NCc1ccc(Cl)c(Cl)c1)c1ccc(-c2c3c(nc(CCc4ccc(F)cc4)c2-c2noc(=O)[nH]2)[C@@H]2CCCN2C3=O)s1. The molecular formula is C32H24Cl2FN5O4S. The Hall–Kier alpha value is -4.32. The monoisotopic (exact) mass is 663 g/mol. The molecule has 1 saturated heterocycles. The number of amides is 2. The highest BCUT2D eigenvalue weighted by molar-refractivity contribution is 7.17. The number of nitrogens with one attached hydrogen (secondary N) is 2. The summed E-state index contributed by atoms with van der Waals surface area (Å²) in [6.45, 7) is 0.856. The molecule has 7 rings (SSSR count). The van der Waals surface area contributed by atoms with Crippen molar-refractivity contribution >= 4 is 46.4 Å². The standard InChI is InChI=1S/C32H24Cl2FN5O4S/c33-19-9-5-17(14-20(19)34)15-36-30(41)24-12-11-23(45-24)26-25(29-38-32(43)44-39-29)21(10-6-16-3-7-18(35)8-4-16)37-28-22-2-1-13-40(22)31(42)27(26)28/h3-5,7-9,11-12,14,22H,1-2,6,10,13,15H2,(H,36,41)(H,38,39,43)/t22-/m0/s1. The molecule has 0 unspecified atom stereocenters. The number of carbonyl (C=O) groups is 2. The van der Waals surface area contributed by atoms with Crippen molar-refractivity contribution in [2.24, 2.45) is 0 Å². The molecule has 45 heavy (non-hydrogen) atoms. The summed E-state index contributed by atoms with van der Waals surface area (Å²) in [5.74, 6) is -1.39. The van der Waals surface area contributed by atoms with Gasteiger partial charge in [0.25, 0.3) is 11.8 Å². The van der Waals surface area contributed by atoms with E-state index in [1.54, 1.807) is 42.5 Å². The van der Waals surface area contributed by atoms with Gasteiger partial charge in [-0.2, -0.15) is 0 Å². The fourth-order valence-electron chi connectivity index (χ4n) is 6.00. The Balaban J connectivity index is 1.31. The maximum absolute atomic E-state index is 13.9. The molecular weight excluding hydrogens is 640 g/mol. The molecule has 0 saturated carbocycles. The maximum Gasteiger partial charge on any atom is 0.439 e. The van der Waals surface area contributed by atoms with Gasteiger partial charge in [-0.15, -0.1) is 11.3 Å². The van der Waals surface area contributed by atoms with E-state index in [2.05, 4.69) is 15.5 Å². The third-order valence-electron chi connectivity index (χ3n) is 8.10. The van der Waals surface area contributed by atoms with E-state index < -0.39 is 5.76 Å². The molecule has 0 radical (unpaired) electrons. The first-order valence-corrected chi connectivity index (χ1v) is 15.8. The molecule has 2 N–H and O–H groups in total. The first-order chi connectivity index (χ1) is 21.8. The van der Waals surface area contributed by atoms with E-state index in [0.29, 0.717) is 67.3 Å². The van der Waals surface area contributed by atoms with Crippen LogP contribution < -0.4 is 11.1 Å². The zero-order chi connectivity index (χ0) is 31.2. The fourth-order valence-corrected chi connectivity index (χ4v) is 7.30. The lowest BCUT2D eigenvalue weighted by Crippen LogP contribution is -2.23. The summed E-state index contributed by atoms with van der Waals surface area (Å²) in [5, 5.41) is 7.71. The molecule has 13 heteroatoms. The maximum atomic E-state index is 13.9. The number of H-pyrrole nitrogens is 1. The minimum Gasteiger partial charge on any atom is -0.347 e. The molecule has 9 nitrogen and oxygen atoms in total. The second kappa shape index (κ2) is 11.9. The quantitative estimate of drug-likeness (QED) is 0.193. The van der Waals surface area contributed by atoms with Crippen molar-refractivity contribution in [2.75, 3.05) is 6.54 Å². The third kappa shape index (κ3) is 5.56. The van der Waals surface area contributed by atoms with Crippen LogP contribution in [-0.2, 0) is 19.4 Å². The number of aromatic nitrogens is 3. The van der Waals surface area contributed by atoms with Crippen LogP contribution in [0.25, 0.3) is 21.8 Å². The van der Waals surface area contributed by atoms with Crippen molar-refractivity contribution in [1.29, 1.82) is 0 Å². The normalized spacial score (nSPS) is 15.4. The predicted octanol–water partition coefficient (Wildman–Crippen LogP) is 6.61. The lowest BCUT2D eigenvalue weighted by Gasteiger charge is -2.16. The number of hydrogen-bond donors (Lipinski definition) is 2. The summed E-state index contributed by atoms with van der Waals surface area (Å²) < 4.78 is 18.5. The molecule has 2 aliphatic heterocycles. The van der Waals surface area contributed by atoms with Crippen molar-refractivity contribution in [2.45, 2.75) is 38.3 Å². The molecule has 2 aromatic carbocycles. The van der Waals surface area contributed by atoms with Gasteiger partial charge >= 0.3 is 5.76 Å². The van der Waals surface area contributed by atoms with E-state index in [1.165, 1.54) is 23.5 Å². The topological polar surface area (TPSA) is 121 Å². The number of nitrogens with zero attached hydrogens (tertiary/aromatic N) is 3. The fraction of sp³-hybridized carbons (Fsp3) is 0.219. The van der Waals surface area contributed by atoms with Crippen LogP contribution in [0.2, 0.25) is 10.0 Å². The largest absolute Gasteiger partial charge is 0.439 e. The first kappa shape index (κ1) is 29.4. The second-order valence-electron chi connectivity index (χ2n) is 10.9. The molecule has 0 aliphatic carbocycles. The summed E-state index contributed by atoms with van der Waals surface area (Å²) in [7, 11) is 0. The van der Waals surface area contributed by atoms with Crippen LogP contribution in [0.1, 0.15) is 61.4 Å². The number of halogens is 3. The Morgan fingerprint density at radius 2 is 1.82 bits per heavy atom. The predicted molar refractivity (Wildman–Crippen MR) is 168 cm³/mol. The summed E-state index contributed by atoms with van der Waals surface area (Å²) in [5.41, 5.74) is 4.42. The molecule has 3 aromatic heterocycles. The second-order valence-corrected chi connectivity index (χ2v) is 12.8. The Labute approximate surface area is 270 Å². The molecule has 2 amide bonds. The summed E-state index contributed by atoms with van der Waals surface area (Å²) in [4.78, 5) is 49.8. The highest BCUT2D eigenvalue weighted by atomic mass is 35.5. The number of benzene rings is 2. The zero-order valence-electron chi connectivity index (χ0n) is 23.5. The zero-order valence-corrected chi connectivity index (χ0v) is 25.9. The van der Waals surface area contributed by atoms with Crippen LogP contribution in [0.4, 0.5) is 4.39 Å². The number of carbonyl (C=O) groups excluding carboxylic acids is 2. The number of aromatic amines is 1. The third-order valence-corrected chi connectivity index (χ3v) is 9.94. The molecule has 2 aliphatic rings. The number of rotatable bonds is 8. The van der Waals surface area contributed by atoms with Crippen LogP contribution >= 0.6 is 34.5 Å². The van der Waals surface area contributed by atoms with Gasteiger partial charge in [0.15, 0.2) is 5.82 Å². The van der Waals surface area contributed by atoms with Gasteiger partial charge in [0, 0.05) is 23.5 Å². The number of hydrogen-bond acceptors (Lipinski definition) is 7. The minimum absolute atomic E-state index is 0.137. The van der Waals surface area contributed by atoms with E-state index in [-0.39, 0.29) is 36.0 Å². The van der Waals surface area contributed by atoms with E-state index in [0.717, 1.165) is 24.0 Å². The molecule has 5 heterocycles. The van der Waals surface area contributed by atoms with Gasteiger partial charge in [0.1, 0.15) is 5.82 Å². The lowest BCUT2D eigenvalue weighted by atomic mass is 9.93. The Morgan fingerprint density at radius 3 is 2.58 bits per heavy atom. The number of thiophene rings is 1. The van der Waals surface area contributed by atoms with Crippen molar-refractivity contribution in [3.63, 3.8) is 0 Å². The van der Waals surface area contributed by atoms with Crippen LogP contribution in [0.15, 0.2) is 63.9 Å². The van der Waals surface area contributed by atoms with Gasteiger partial charge in [0.2, 0.25) is 0 Å². The molecule has 228 valence electrons. The minimum atomic E-state index is -0.749. The van der Waals surface area contributed by atoms with E-state index in [4.69, 9.17) is 32.7 Å². The molecule has 0 spiro atoms. The molecule has 1 atom stereocenters. The van der Waals surface area contributed by atoms with Crippen molar-refractivity contribution in [1.82, 2.24) is 25.3 Å². The molecule has 0 bridgehead atoms. The number of fused-ring (bicyclic) bond motifs is 3. The van der Waals surface area contributed by atoms with Gasteiger partial charge in [-0.1, -0.05) is 46.6 Å². The van der Waals surface area contributed by atoms with Crippen molar-refractivity contribution in [3.05, 3.63) is 114 Å². The van der Waals surface area contributed by atoms with Crippen LogP contribution in [0.3, 0.4) is 0 Å². The average Bonchev–Trinajstić information content (AvgIpc) is 3.84. The highest BCUT2D eigenvalue weighted by Gasteiger charge is 2.44. The highest BCUT2D eigenvalue weighted by Crippen LogP contribution is 2.48. The van der Waals surface area contributed by atoms with Gasteiger partial charge < -0.3 is 10.2 Å². The van der Waals surface area contributed by atoms with Gasteiger partial charge in [-0.05, 0) is 73.2 Å². The van der Waals surface area contributed by atoms with E-state index in [9.17, 15) is 18.8 Å². The van der Waals surface area contributed by atoms with E-state index in [1.807, 2.05) is 4.90 Å². The number of aryl methyl sites for hydroxylation is 2. The van der Waals surface area contributed by atoms with Crippen LogP contribution in [-0.4, -0.2) is 38.4 Å². The Morgan fingerprint density at radius 1 is 1.02 bits per heavy atom. The van der Waals surface area contributed by atoms with E-state index >= 15 is 0 Å². The number of pyridine rings is 1. The van der Waals surface area contributed by atoms with Crippen molar-refractivity contribution < 1.29 is 18.5 Å². The molecule has 1 fully saturated rings. The van der Waals surface area contributed by atoms with Gasteiger partial charge in [0.05, 0.1) is 43.5 Å². The van der Waals surface area contributed by atoms with Crippen molar-refractivity contribution in [3.8, 4) is 21.8 Å².